The van der Waals surface area contributed by atoms with Crippen molar-refractivity contribution in [2.75, 3.05) is 6.54 Å². The zero-order valence-electron chi connectivity index (χ0n) is 15.1. The smallest absolute Gasteiger partial charge is 0.267 e. The molecule has 1 saturated heterocycles. The Kier molecular flexibility index (Phi) is 4.85. The standard InChI is InChI=1S/C20H19F2N5O/c21-20(22)11-17(27(13-20)18(28)10-15-6-8-23-9-7-15)19-25-24-14-26(19)12-16-4-2-1-3-5-16/h1-9,14,17H,10-13H2/t17-/m0/s1. The molecule has 28 heavy (non-hydrogen) atoms. The van der Waals surface area contributed by atoms with Gasteiger partial charge in [0.2, 0.25) is 5.91 Å². The van der Waals surface area contributed by atoms with Crippen LogP contribution in [0.15, 0.2) is 61.2 Å². The van der Waals surface area contributed by atoms with Crippen LogP contribution in [-0.4, -0.2) is 43.0 Å². The third-order valence-electron chi connectivity index (χ3n) is 4.83. The molecule has 1 fully saturated rings. The van der Waals surface area contributed by atoms with Gasteiger partial charge in [-0.3, -0.25) is 9.78 Å². The number of hydrogen-bond acceptors (Lipinski definition) is 4. The fourth-order valence-electron chi connectivity index (χ4n) is 3.51. The first kappa shape index (κ1) is 18.2. The van der Waals surface area contributed by atoms with Gasteiger partial charge < -0.3 is 9.47 Å². The maximum absolute atomic E-state index is 14.2. The summed E-state index contributed by atoms with van der Waals surface area (Å²) in [6, 6.07) is 12.2. The number of nitrogens with zero attached hydrogens (tertiary/aromatic N) is 5. The second kappa shape index (κ2) is 7.46. The quantitative estimate of drug-likeness (QED) is 0.680. The topological polar surface area (TPSA) is 63.9 Å². The first-order valence-corrected chi connectivity index (χ1v) is 9.00. The van der Waals surface area contributed by atoms with Crippen LogP contribution >= 0.6 is 0 Å². The Hall–Kier alpha value is -3.16. The van der Waals surface area contributed by atoms with E-state index < -0.39 is 24.9 Å². The molecule has 1 aliphatic rings. The highest BCUT2D eigenvalue weighted by molar-refractivity contribution is 5.79. The van der Waals surface area contributed by atoms with E-state index in [1.165, 1.54) is 11.2 Å². The molecule has 2 aromatic heterocycles. The lowest BCUT2D eigenvalue weighted by Crippen LogP contribution is -2.35. The van der Waals surface area contributed by atoms with Gasteiger partial charge in [-0.05, 0) is 23.3 Å². The van der Waals surface area contributed by atoms with Gasteiger partial charge in [0.05, 0.1) is 25.6 Å². The Labute approximate surface area is 160 Å². The summed E-state index contributed by atoms with van der Waals surface area (Å²) in [7, 11) is 0. The SMILES string of the molecule is O=C(Cc1ccncc1)N1CC(F)(F)C[C@H]1c1nncn1Cc1ccccc1. The van der Waals surface area contributed by atoms with Gasteiger partial charge in [0.15, 0.2) is 5.82 Å². The third-order valence-corrected chi connectivity index (χ3v) is 4.83. The molecule has 0 spiro atoms. The molecule has 0 radical (unpaired) electrons. The van der Waals surface area contributed by atoms with Crippen molar-refractivity contribution in [3.8, 4) is 0 Å². The van der Waals surface area contributed by atoms with E-state index in [0.29, 0.717) is 12.4 Å². The summed E-state index contributed by atoms with van der Waals surface area (Å²) in [5, 5.41) is 7.99. The van der Waals surface area contributed by atoms with E-state index in [2.05, 4.69) is 15.2 Å². The van der Waals surface area contributed by atoms with Gasteiger partial charge in [-0.1, -0.05) is 30.3 Å². The Bertz CT molecular complexity index is 945. The molecule has 0 saturated carbocycles. The Morgan fingerprint density at radius 1 is 1.11 bits per heavy atom. The molecule has 6 nitrogen and oxygen atoms in total. The zero-order valence-corrected chi connectivity index (χ0v) is 15.1. The minimum absolute atomic E-state index is 0.0436. The van der Waals surface area contributed by atoms with Gasteiger partial charge in [0.1, 0.15) is 6.33 Å². The number of carbonyl (C=O) groups is 1. The lowest BCUT2D eigenvalue weighted by atomic mass is 10.1. The van der Waals surface area contributed by atoms with Crippen LogP contribution < -0.4 is 0 Å². The van der Waals surface area contributed by atoms with E-state index in [9.17, 15) is 13.6 Å². The summed E-state index contributed by atoms with van der Waals surface area (Å²) >= 11 is 0. The monoisotopic (exact) mass is 383 g/mol. The highest BCUT2D eigenvalue weighted by Crippen LogP contribution is 2.40. The lowest BCUT2D eigenvalue weighted by molar-refractivity contribution is -0.132. The molecule has 4 rings (SSSR count). The second-order valence-corrected chi connectivity index (χ2v) is 6.93. The predicted molar refractivity (Wildman–Crippen MR) is 97.5 cm³/mol. The highest BCUT2D eigenvalue weighted by Gasteiger charge is 2.49. The van der Waals surface area contributed by atoms with Crippen molar-refractivity contribution in [3.05, 3.63) is 78.1 Å². The Morgan fingerprint density at radius 2 is 1.86 bits per heavy atom. The maximum atomic E-state index is 14.2. The highest BCUT2D eigenvalue weighted by atomic mass is 19.3. The normalized spacial score (nSPS) is 18.4. The van der Waals surface area contributed by atoms with Crippen LogP contribution in [0.5, 0.6) is 0 Å². The van der Waals surface area contributed by atoms with Crippen LogP contribution in [0.2, 0.25) is 0 Å². The molecule has 0 aliphatic carbocycles. The minimum Gasteiger partial charge on any atom is -0.326 e. The van der Waals surface area contributed by atoms with Crippen LogP contribution in [0.3, 0.4) is 0 Å². The molecule has 1 atom stereocenters. The minimum atomic E-state index is -2.96. The van der Waals surface area contributed by atoms with Gasteiger partial charge in [0, 0.05) is 18.8 Å². The van der Waals surface area contributed by atoms with Crippen molar-refractivity contribution < 1.29 is 13.6 Å². The summed E-state index contributed by atoms with van der Waals surface area (Å²) in [5.74, 6) is -2.94. The number of alkyl halides is 2. The van der Waals surface area contributed by atoms with Gasteiger partial charge in [-0.2, -0.15) is 0 Å². The van der Waals surface area contributed by atoms with Crippen LogP contribution in [0.1, 0.15) is 29.4 Å². The number of halogens is 2. The van der Waals surface area contributed by atoms with E-state index in [1.807, 2.05) is 30.3 Å². The van der Waals surface area contributed by atoms with Gasteiger partial charge in [-0.15, -0.1) is 10.2 Å². The average Bonchev–Trinajstić information content (AvgIpc) is 3.26. The molecule has 0 bridgehead atoms. The number of amides is 1. The molecule has 0 unspecified atom stereocenters. The largest absolute Gasteiger partial charge is 0.326 e. The molecule has 1 aliphatic heterocycles. The Morgan fingerprint density at radius 3 is 2.61 bits per heavy atom. The van der Waals surface area contributed by atoms with Crippen LogP contribution in [0.25, 0.3) is 0 Å². The number of carbonyl (C=O) groups excluding carboxylic acids is 1. The summed E-state index contributed by atoms with van der Waals surface area (Å²) < 4.78 is 30.2. The molecule has 144 valence electrons. The van der Waals surface area contributed by atoms with Gasteiger partial charge >= 0.3 is 0 Å². The molecule has 8 heteroatoms. The predicted octanol–water partition coefficient (Wildman–Crippen LogP) is 2.87. The van der Waals surface area contributed by atoms with Gasteiger partial charge in [0.25, 0.3) is 5.92 Å². The zero-order chi connectivity index (χ0) is 19.6. The van der Waals surface area contributed by atoms with E-state index in [0.717, 1.165) is 11.1 Å². The summed E-state index contributed by atoms with van der Waals surface area (Å²) in [6.07, 6.45) is 4.26. The molecule has 3 heterocycles. The fraction of sp³-hybridized carbons (Fsp3) is 0.300. The van der Waals surface area contributed by atoms with E-state index in [1.54, 1.807) is 29.1 Å². The molecular formula is C20H19F2N5O. The number of benzene rings is 1. The van der Waals surface area contributed by atoms with E-state index in [-0.39, 0.29) is 12.3 Å². The van der Waals surface area contributed by atoms with Crippen molar-refractivity contribution >= 4 is 5.91 Å². The van der Waals surface area contributed by atoms with Gasteiger partial charge in [-0.25, -0.2) is 8.78 Å². The molecular weight excluding hydrogens is 364 g/mol. The number of aromatic nitrogens is 4. The number of likely N-dealkylation sites (tertiary alicyclic amines) is 1. The van der Waals surface area contributed by atoms with E-state index >= 15 is 0 Å². The average molecular weight is 383 g/mol. The van der Waals surface area contributed by atoms with Crippen molar-refractivity contribution in [2.45, 2.75) is 31.4 Å². The lowest BCUT2D eigenvalue weighted by Gasteiger charge is -2.24. The summed E-state index contributed by atoms with van der Waals surface area (Å²) in [4.78, 5) is 17.9. The van der Waals surface area contributed by atoms with Crippen molar-refractivity contribution in [2.24, 2.45) is 0 Å². The molecule has 0 N–H and O–H groups in total. The van der Waals surface area contributed by atoms with Crippen LogP contribution in [-0.2, 0) is 17.8 Å². The van der Waals surface area contributed by atoms with E-state index in [4.69, 9.17) is 0 Å². The third kappa shape index (κ3) is 3.90. The first-order chi connectivity index (χ1) is 13.5. The number of pyridine rings is 1. The first-order valence-electron chi connectivity index (χ1n) is 9.00. The molecule has 1 aromatic carbocycles. The van der Waals surface area contributed by atoms with Crippen LogP contribution in [0.4, 0.5) is 8.78 Å². The molecule has 1 amide bonds. The summed E-state index contributed by atoms with van der Waals surface area (Å²) in [6.45, 7) is -0.155. The van der Waals surface area contributed by atoms with Crippen molar-refractivity contribution in [3.63, 3.8) is 0 Å². The molecule has 3 aromatic rings. The van der Waals surface area contributed by atoms with Crippen molar-refractivity contribution in [1.82, 2.24) is 24.6 Å². The maximum Gasteiger partial charge on any atom is 0.267 e. The van der Waals surface area contributed by atoms with Crippen molar-refractivity contribution in [1.29, 1.82) is 0 Å². The van der Waals surface area contributed by atoms with Crippen LogP contribution in [0, 0.1) is 0 Å². The second-order valence-electron chi connectivity index (χ2n) is 6.93. The fourth-order valence-corrected chi connectivity index (χ4v) is 3.51. The summed E-state index contributed by atoms with van der Waals surface area (Å²) in [5.41, 5.74) is 1.74. The number of rotatable bonds is 5. The Balaban J connectivity index is 1.59. The number of hydrogen-bond donors (Lipinski definition) is 0.